The molecular weight excluding hydrogens is 494 g/mol. The van der Waals surface area contributed by atoms with Crippen LogP contribution in [0.25, 0.3) is 0 Å². The van der Waals surface area contributed by atoms with Crippen LogP contribution in [0.3, 0.4) is 0 Å². The SMILES string of the molecule is O=COc1cccc(CN2CCOCCOCCN(Cc3cccc(C(=O)O)c3)CCOCCOCC2)n1. The van der Waals surface area contributed by atoms with Crippen molar-refractivity contribution in [3.8, 4) is 5.88 Å². The van der Waals surface area contributed by atoms with Crippen LogP contribution in [-0.4, -0.2) is 111 Å². The lowest BCUT2D eigenvalue weighted by atomic mass is 10.1. The Kier molecular flexibility index (Phi) is 13.7. The molecule has 1 N–H and O–H groups in total. The fourth-order valence-electron chi connectivity index (χ4n) is 3.91. The largest absolute Gasteiger partial charge is 0.478 e. The summed E-state index contributed by atoms with van der Waals surface area (Å²) in [6.07, 6.45) is 0. The second kappa shape index (κ2) is 17.6. The van der Waals surface area contributed by atoms with Crippen LogP contribution < -0.4 is 4.74 Å². The highest BCUT2D eigenvalue weighted by atomic mass is 16.5. The summed E-state index contributed by atoms with van der Waals surface area (Å²) in [5.74, 6) is -0.663. The second-order valence-corrected chi connectivity index (χ2v) is 8.69. The van der Waals surface area contributed by atoms with E-state index in [4.69, 9.17) is 23.7 Å². The first kappa shape index (κ1) is 29.6. The number of nitrogens with zero attached hydrogens (tertiary/aromatic N) is 3. The van der Waals surface area contributed by atoms with Crippen LogP contribution >= 0.6 is 0 Å². The van der Waals surface area contributed by atoms with Crippen molar-refractivity contribution in [2.24, 2.45) is 0 Å². The van der Waals surface area contributed by atoms with Gasteiger partial charge in [-0.3, -0.25) is 14.6 Å². The molecule has 1 aromatic carbocycles. The zero-order chi connectivity index (χ0) is 26.8. The first-order chi connectivity index (χ1) is 18.6. The van der Waals surface area contributed by atoms with Crippen LogP contribution in [0, 0.1) is 0 Å². The molecule has 0 unspecified atom stereocenters. The molecule has 1 saturated heterocycles. The van der Waals surface area contributed by atoms with Gasteiger partial charge >= 0.3 is 5.97 Å². The Morgan fingerprint density at radius 2 is 1.37 bits per heavy atom. The lowest BCUT2D eigenvalue weighted by Crippen LogP contribution is -2.33. The smallest absolute Gasteiger partial charge is 0.335 e. The maximum atomic E-state index is 11.3. The Morgan fingerprint density at radius 3 is 1.92 bits per heavy atom. The summed E-state index contributed by atoms with van der Waals surface area (Å²) in [6.45, 7) is 8.33. The van der Waals surface area contributed by atoms with Crippen molar-refractivity contribution in [1.29, 1.82) is 0 Å². The standard InChI is InChI=1S/C27H37N3O8/c31-22-38-26-6-2-5-25(28-26)21-30-9-13-36-17-15-34-11-7-29(8-12-35-16-18-37-14-10-30)20-23-3-1-4-24(19-23)27(32)33/h1-6,19,22H,7-18,20-21H2,(H,32,33). The number of hydrogen-bond donors (Lipinski definition) is 1. The third kappa shape index (κ3) is 11.6. The third-order valence-electron chi connectivity index (χ3n) is 5.87. The van der Waals surface area contributed by atoms with E-state index in [1.165, 1.54) is 0 Å². The zero-order valence-electron chi connectivity index (χ0n) is 21.7. The van der Waals surface area contributed by atoms with E-state index >= 15 is 0 Å². The lowest BCUT2D eigenvalue weighted by molar-refractivity contribution is -0.120. The number of pyridine rings is 1. The normalized spacial score (nSPS) is 18.2. The number of ether oxygens (including phenoxy) is 5. The number of aromatic carboxylic acids is 1. The van der Waals surface area contributed by atoms with Crippen LogP contribution in [0.1, 0.15) is 21.6 Å². The molecule has 0 radical (unpaired) electrons. The molecule has 0 spiro atoms. The molecule has 0 amide bonds. The van der Waals surface area contributed by atoms with Crippen molar-refractivity contribution in [1.82, 2.24) is 14.8 Å². The molecule has 3 rings (SSSR count). The summed E-state index contributed by atoms with van der Waals surface area (Å²) in [5.41, 5.74) is 2.00. The Morgan fingerprint density at radius 1 is 0.816 bits per heavy atom. The maximum Gasteiger partial charge on any atom is 0.335 e. The number of carbonyl (C=O) groups is 2. The van der Waals surface area contributed by atoms with Crippen LogP contribution in [0.5, 0.6) is 5.88 Å². The quantitative estimate of drug-likeness (QED) is 0.526. The number of rotatable bonds is 7. The summed E-state index contributed by atoms with van der Waals surface area (Å²) >= 11 is 0. The van der Waals surface area contributed by atoms with Crippen molar-refractivity contribution >= 4 is 12.4 Å². The van der Waals surface area contributed by atoms with E-state index in [1.54, 1.807) is 30.3 Å². The molecule has 38 heavy (non-hydrogen) atoms. The van der Waals surface area contributed by atoms with E-state index in [1.807, 2.05) is 12.1 Å². The van der Waals surface area contributed by atoms with Gasteiger partial charge in [-0.25, -0.2) is 9.78 Å². The van der Waals surface area contributed by atoms with Gasteiger partial charge in [0.1, 0.15) is 0 Å². The zero-order valence-corrected chi connectivity index (χ0v) is 21.7. The van der Waals surface area contributed by atoms with Crippen molar-refractivity contribution in [3.05, 3.63) is 59.3 Å². The molecule has 1 fully saturated rings. The van der Waals surface area contributed by atoms with Gasteiger partial charge in [0.05, 0.1) is 64.1 Å². The summed E-state index contributed by atoms with van der Waals surface area (Å²) in [5, 5.41) is 9.26. The van der Waals surface area contributed by atoms with Gasteiger partial charge in [-0.2, -0.15) is 0 Å². The second-order valence-electron chi connectivity index (χ2n) is 8.69. The van der Waals surface area contributed by atoms with E-state index in [-0.39, 0.29) is 11.4 Å². The maximum absolute atomic E-state index is 11.3. The van der Waals surface area contributed by atoms with Crippen LogP contribution in [-0.2, 0) is 36.8 Å². The molecule has 0 bridgehead atoms. The molecule has 1 aliphatic heterocycles. The van der Waals surface area contributed by atoms with Crippen molar-refractivity contribution < 1.29 is 38.4 Å². The van der Waals surface area contributed by atoms with Crippen LogP contribution in [0.15, 0.2) is 42.5 Å². The van der Waals surface area contributed by atoms with Gasteiger partial charge in [-0.05, 0) is 23.8 Å². The number of carboxylic acid groups (broad SMARTS) is 1. The minimum absolute atomic E-state index is 0.271. The number of carboxylic acids is 1. The molecule has 0 saturated carbocycles. The average molecular weight is 532 g/mol. The monoisotopic (exact) mass is 531 g/mol. The number of benzene rings is 1. The Hall–Kier alpha value is -2.93. The van der Waals surface area contributed by atoms with Gasteiger partial charge in [-0.1, -0.05) is 18.2 Å². The highest BCUT2D eigenvalue weighted by Gasteiger charge is 2.11. The highest BCUT2D eigenvalue weighted by molar-refractivity contribution is 5.87. The van der Waals surface area contributed by atoms with E-state index < -0.39 is 5.97 Å². The summed E-state index contributed by atoms with van der Waals surface area (Å²) in [6, 6.07) is 12.3. The predicted octanol–water partition coefficient (Wildman–Crippen LogP) is 1.70. The van der Waals surface area contributed by atoms with E-state index in [0.29, 0.717) is 98.6 Å². The Bertz CT molecular complexity index is 957. The topological polar surface area (TPSA) is 120 Å². The minimum atomic E-state index is -0.934. The fourth-order valence-corrected chi connectivity index (χ4v) is 3.91. The average Bonchev–Trinajstić information content (AvgIpc) is 2.91. The van der Waals surface area contributed by atoms with Gasteiger partial charge in [0.25, 0.3) is 6.47 Å². The van der Waals surface area contributed by atoms with Gasteiger partial charge in [0, 0.05) is 45.3 Å². The van der Waals surface area contributed by atoms with Gasteiger partial charge in [0.2, 0.25) is 5.88 Å². The molecule has 2 heterocycles. The minimum Gasteiger partial charge on any atom is -0.478 e. The first-order valence-corrected chi connectivity index (χ1v) is 12.8. The number of carbonyl (C=O) groups excluding carboxylic acids is 1. The first-order valence-electron chi connectivity index (χ1n) is 12.8. The fraction of sp³-hybridized carbons (Fsp3) is 0.519. The molecule has 11 nitrogen and oxygen atoms in total. The Labute approximate surface area is 223 Å². The number of hydrogen-bond acceptors (Lipinski definition) is 10. The Balaban J connectivity index is 1.47. The van der Waals surface area contributed by atoms with Gasteiger partial charge in [-0.15, -0.1) is 0 Å². The summed E-state index contributed by atoms with van der Waals surface area (Å²) in [7, 11) is 0. The van der Waals surface area contributed by atoms with E-state index in [0.717, 1.165) is 11.3 Å². The molecule has 11 heteroatoms. The molecule has 0 atom stereocenters. The highest BCUT2D eigenvalue weighted by Crippen LogP contribution is 2.10. The predicted molar refractivity (Wildman–Crippen MR) is 138 cm³/mol. The van der Waals surface area contributed by atoms with Crippen molar-refractivity contribution in [2.75, 3.05) is 79.0 Å². The van der Waals surface area contributed by atoms with Crippen LogP contribution in [0.2, 0.25) is 0 Å². The summed E-state index contributed by atoms with van der Waals surface area (Å²) in [4.78, 5) is 30.6. The van der Waals surface area contributed by atoms with E-state index in [9.17, 15) is 14.7 Å². The molecule has 0 aliphatic carbocycles. The molecule has 1 aliphatic rings. The van der Waals surface area contributed by atoms with Crippen molar-refractivity contribution in [2.45, 2.75) is 13.1 Å². The third-order valence-corrected chi connectivity index (χ3v) is 5.87. The molecule has 2 aromatic rings. The number of aromatic nitrogens is 1. The molecular formula is C27H37N3O8. The van der Waals surface area contributed by atoms with Gasteiger partial charge in [0.15, 0.2) is 0 Å². The lowest BCUT2D eigenvalue weighted by Gasteiger charge is -2.23. The van der Waals surface area contributed by atoms with E-state index in [2.05, 4.69) is 14.8 Å². The molecule has 208 valence electrons. The van der Waals surface area contributed by atoms with Gasteiger partial charge < -0.3 is 28.8 Å². The van der Waals surface area contributed by atoms with Crippen molar-refractivity contribution in [3.63, 3.8) is 0 Å². The van der Waals surface area contributed by atoms with Crippen LogP contribution in [0.4, 0.5) is 0 Å². The summed E-state index contributed by atoms with van der Waals surface area (Å²) < 4.78 is 28.0. The molecule has 1 aromatic heterocycles.